The molecule has 5 heteroatoms. The van der Waals surface area contributed by atoms with Crippen molar-refractivity contribution in [3.8, 4) is 0 Å². The van der Waals surface area contributed by atoms with Crippen LogP contribution in [0.5, 0.6) is 0 Å². The molecule has 86 valence electrons. The topological polar surface area (TPSA) is 45.2 Å². The van der Waals surface area contributed by atoms with Gasteiger partial charge in [0.1, 0.15) is 5.82 Å². The molecule has 0 spiro atoms. The standard InChI is InChI=1S/C11H14BrN3O/c12-9-4-3-5-13-11(9)14-8-10(16)15-6-1-2-7-15/h3-5H,1-2,6-8H2,(H,13,14). The summed E-state index contributed by atoms with van der Waals surface area (Å²) in [5.41, 5.74) is 0. The minimum atomic E-state index is 0.148. The number of likely N-dealkylation sites (tertiary alicyclic amines) is 1. The van der Waals surface area contributed by atoms with E-state index in [0.717, 1.165) is 36.2 Å². The number of amides is 1. The molecular formula is C11H14BrN3O. The monoisotopic (exact) mass is 283 g/mol. The molecule has 0 aliphatic carbocycles. The third kappa shape index (κ3) is 2.72. The van der Waals surface area contributed by atoms with Crippen LogP contribution in [-0.2, 0) is 4.79 Å². The van der Waals surface area contributed by atoms with E-state index < -0.39 is 0 Å². The number of anilines is 1. The fourth-order valence-corrected chi connectivity index (χ4v) is 2.15. The molecule has 1 saturated heterocycles. The number of nitrogens with one attached hydrogen (secondary N) is 1. The van der Waals surface area contributed by atoms with Gasteiger partial charge in [-0.25, -0.2) is 4.98 Å². The molecule has 1 aromatic heterocycles. The van der Waals surface area contributed by atoms with Gasteiger partial charge in [-0.2, -0.15) is 0 Å². The smallest absolute Gasteiger partial charge is 0.241 e. The van der Waals surface area contributed by atoms with Gasteiger partial charge >= 0.3 is 0 Å². The normalized spacial score (nSPS) is 15.2. The lowest BCUT2D eigenvalue weighted by Gasteiger charge is -2.15. The van der Waals surface area contributed by atoms with Crippen LogP contribution in [0.4, 0.5) is 5.82 Å². The number of aromatic nitrogens is 1. The molecule has 1 fully saturated rings. The lowest BCUT2D eigenvalue weighted by Crippen LogP contribution is -2.33. The molecule has 4 nitrogen and oxygen atoms in total. The highest BCUT2D eigenvalue weighted by Gasteiger charge is 2.17. The first kappa shape index (κ1) is 11.4. The van der Waals surface area contributed by atoms with Gasteiger partial charge < -0.3 is 10.2 Å². The molecule has 0 atom stereocenters. The number of hydrogen-bond acceptors (Lipinski definition) is 3. The largest absolute Gasteiger partial charge is 0.360 e. The summed E-state index contributed by atoms with van der Waals surface area (Å²) in [6.07, 6.45) is 3.95. The lowest BCUT2D eigenvalue weighted by molar-refractivity contribution is -0.128. The van der Waals surface area contributed by atoms with E-state index in [1.165, 1.54) is 0 Å². The molecule has 0 aromatic carbocycles. The zero-order chi connectivity index (χ0) is 11.4. The zero-order valence-electron chi connectivity index (χ0n) is 8.95. The zero-order valence-corrected chi connectivity index (χ0v) is 10.5. The van der Waals surface area contributed by atoms with Gasteiger partial charge in [0, 0.05) is 19.3 Å². The fraction of sp³-hybridized carbons (Fsp3) is 0.455. The molecule has 2 heterocycles. The highest BCUT2D eigenvalue weighted by atomic mass is 79.9. The van der Waals surface area contributed by atoms with Crippen LogP contribution < -0.4 is 5.32 Å². The van der Waals surface area contributed by atoms with E-state index in [-0.39, 0.29) is 5.91 Å². The molecule has 0 saturated carbocycles. The number of hydrogen-bond donors (Lipinski definition) is 1. The van der Waals surface area contributed by atoms with Gasteiger partial charge in [0.2, 0.25) is 5.91 Å². The summed E-state index contributed by atoms with van der Waals surface area (Å²) >= 11 is 3.38. The quantitative estimate of drug-likeness (QED) is 0.921. The molecule has 0 radical (unpaired) electrons. The van der Waals surface area contributed by atoms with Crippen LogP contribution in [0, 0.1) is 0 Å². The minimum Gasteiger partial charge on any atom is -0.360 e. The number of pyridine rings is 1. The maximum absolute atomic E-state index is 11.8. The summed E-state index contributed by atoms with van der Waals surface area (Å²) in [5, 5.41) is 3.04. The van der Waals surface area contributed by atoms with Gasteiger partial charge in [-0.3, -0.25) is 4.79 Å². The van der Waals surface area contributed by atoms with Gasteiger partial charge in [-0.15, -0.1) is 0 Å². The van der Waals surface area contributed by atoms with Gasteiger partial charge in [-0.1, -0.05) is 0 Å². The average Bonchev–Trinajstić information content (AvgIpc) is 2.81. The van der Waals surface area contributed by atoms with E-state index in [1.54, 1.807) is 6.20 Å². The molecule has 1 aliphatic rings. The molecule has 16 heavy (non-hydrogen) atoms. The van der Waals surface area contributed by atoms with Crippen LogP contribution in [0.15, 0.2) is 22.8 Å². The second-order valence-electron chi connectivity index (χ2n) is 3.78. The highest BCUT2D eigenvalue weighted by Crippen LogP contribution is 2.18. The summed E-state index contributed by atoms with van der Waals surface area (Å²) < 4.78 is 0.879. The van der Waals surface area contributed by atoms with E-state index in [4.69, 9.17) is 0 Å². The second-order valence-corrected chi connectivity index (χ2v) is 4.63. The van der Waals surface area contributed by atoms with Gasteiger partial charge in [-0.05, 0) is 40.9 Å². The Hall–Kier alpha value is -1.10. The van der Waals surface area contributed by atoms with Crippen molar-refractivity contribution in [1.29, 1.82) is 0 Å². The Kier molecular flexibility index (Phi) is 3.77. The second kappa shape index (κ2) is 5.30. The Bertz CT molecular complexity index is 377. The van der Waals surface area contributed by atoms with Crippen molar-refractivity contribution in [1.82, 2.24) is 9.88 Å². The van der Waals surface area contributed by atoms with E-state index in [0.29, 0.717) is 6.54 Å². The Morgan fingerprint density at radius 1 is 1.50 bits per heavy atom. The Balaban J connectivity index is 1.87. The maximum atomic E-state index is 11.8. The summed E-state index contributed by atoms with van der Waals surface area (Å²) in [7, 11) is 0. The minimum absolute atomic E-state index is 0.148. The number of halogens is 1. The van der Waals surface area contributed by atoms with Crippen molar-refractivity contribution in [2.24, 2.45) is 0 Å². The van der Waals surface area contributed by atoms with Crippen LogP contribution in [-0.4, -0.2) is 35.4 Å². The molecule has 0 bridgehead atoms. The summed E-state index contributed by atoms with van der Waals surface area (Å²) in [6.45, 7) is 2.10. The van der Waals surface area contributed by atoms with Crippen molar-refractivity contribution in [3.05, 3.63) is 22.8 Å². The number of rotatable bonds is 3. The first-order chi connectivity index (χ1) is 7.77. The molecular weight excluding hydrogens is 270 g/mol. The van der Waals surface area contributed by atoms with E-state index in [1.807, 2.05) is 17.0 Å². The van der Waals surface area contributed by atoms with Crippen molar-refractivity contribution >= 4 is 27.7 Å². The van der Waals surface area contributed by atoms with Crippen LogP contribution >= 0.6 is 15.9 Å². The van der Waals surface area contributed by atoms with Crippen LogP contribution in [0.25, 0.3) is 0 Å². The average molecular weight is 284 g/mol. The van der Waals surface area contributed by atoms with E-state index in [9.17, 15) is 4.79 Å². The van der Waals surface area contributed by atoms with Crippen molar-refractivity contribution < 1.29 is 4.79 Å². The molecule has 1 amide bonds. The Morgan fingerprint density at radius 2 is 2.25 bits per heavy atom. The predicted octanol–water partition coefficient (Wildman–Crippen LogP) is 1.88. The van der Waals surface area contributed by atoms with Crippen LogP contribution in [0.1, 0.15) is 12.8 Å². The Morgan fingerprint density at radius 3 is 2.94 bits per heavy atom. The maximum Gasteiger partial charge on any atom is 0.241 e. The highest BCUT2D eigenvalue weighted by molar-refractivity contribution is 9.10. The lowest BCUT2D eigenvalue weighted by atomic mass is 10.4. The summed E-state index contributed by atoms with van der Waals surface area (Å²) in [6, 6.07) is 3.74. The van der Waals surface area contributed by atoms with Gasteiger partial charge in [0.05, 0.1) is 11.0 Å². The van der Waals surface area contributed by atoms with Crippen molar-refractivity contribution in [2.75, 3.05) is 25.0 Å². The number of carbonyl (C=O) groups is 1. The predicted molar refractivity (Wildman–Crippen MR) is 66.2 cm³/mol. The van der Waals surface area contributed by atoms with E-state index >= 15 is 0 Å². The van der Waals surface area contributed by atoms with E-state index in [2.05, 4.69) is 26.2 Å². The first-order valence-corrected chi connectivity index (χ1v) is 6.19. The summed E-state index contributed by atoms with van der Waals surface area (Å²) in [4.78, 5) is 17.8. The van der Waals surface area contributed by atoms with Crippen molar-refractivity contribution in [2.45, 2.75) is 12.8 Å². The third-order valence-electron chi connectivity index (χ3n) is 2.62. The fourth-order valence-electron chi connectivity index (χ4n) is 1.75. The molecule has 0 unspecified atom stereocenters. The molecule has 1 aromatic rings. The number of nitrogens with zero attached hydrogens (tertiary/aromatic N) is 2. The first-order valence-electron chi connectivity index (χ1n) is 5.39. The number of carbonyl (C=O) groups excluding carboxylic acids is 1. The van der Waals surface area contributed by atoms with Crippen LogP contribution in [0.3, 0.4) is 0 Å². The van der Waals surface area contributed by atoms with Crippen LogP contribution in [0.2, 0.25) is 0 Å². The van der Waals surface area contributed by atoms with Gasteiger partial charge in [0.15, 0.2) is 0 Å². The Labute approximate surface area is 103 Å². The van der Waals surface area contributed by atoms with Gasteiger partial charge in [0.25, 0.3) is 0 Å². The third-order valence-corrected chi connectivity index (χ3v) is 3.26. The van der Waals surface area contributed by atoms with Crippen molar-refractivity contribution in [3.63, 3.8) is 0 Å². The molecule has 2 rings (SSSR count). The SMILES string of the molecule is O=C(CNc1ncccc1Br)N1CCCC1. The molecule has 1 aliphatic heterocycles. The molecule has 1 N–H and O–H groups in total. The summed E-state index contributed by atoms with van der Waals surface area (Å²) in [5.74, 6) is 0.866.